The fourth-order valence-corrected chi connectivity index (χ4v) is 1.72. The Bertz CT molecular complexity index is 356. The number of aromatic nitrogens is 2. The summed E-state index contributed by atoms with van der Waals surface area (Å²) in [5, 5.41) is 0. The Morgan fingerprint density at radius 1 is 1.24 bits per heavy atom. The van der Waals surface area contributed by atoms with Crippen LogP contribution in [-0.2, 0) is 0 Å². The summed E-state index contributed by atoms with van der Waals surface area (Å²) in [5.74, 6) is 0.869. The first-order chi connectivity index (χ1) is 7.90. The molecule has 4 nitrogen and oxygen atoms in total. The number of hydrogen-bond acceptors (Lipinski definition) is 4. The van der Waals surface area contributed by atoms with Crippen LogP contribution in [0.25, 0.3) is 0 Å². The molecule has 5 heteroatoms. The van der Waals surface area contributed by atoms with Crippen molar-refractivity contribution in [2.24, 2.45) is 11.8 Å². The van der Waals surface area contributed by atoms with Gasteiger partial charge in [-0.15, -0.1) is 0 Å². The molecule has 0 saturated carbocycles. The Kier molecular flexibility index (Phi) is 4.66. The Hall–Kier alpha value is -1.39. The summed E-state index contributed by atoms with van der Waals surface area (Å²) in [7, 11) is 0. The van der Waals surface area contributed by atoms with Crippen LogP contribution in [0.4, 0.5) is 16.2 Å². The zero-order valence-electron chi connectivity index (χ0n) is 10.9. The van der Waals surface area contributed by atoms with Crippen LogP contribution in [0.1, 0.15) is 27.7 Å². The third kappa shape index (κ3) is 4.17. The fourth-order valence-electron chi connectivity index (χ4n) is 1.72. The minimum Gasteiger partial charge on any atom is -0.368 e. The van der Waals surface area contributed by atoms with Crippen molar-refractivity contribution in [3.8, 4) is 0 Å². The lowest BCUT2D eigenvalue weighted by Crippen LogP contribution is -2.33. The molecule has 2 N–H and O–H groups in total. The van der Waals surface area contributed by atoms with Gasteiger partial charge in [-0.1, -0.05) is 27.7 Å². The Morgan fingerprint density at radius 2 is 1.76 bits per heavy atom. The van der Waals surface area contributed by atoms with Gasteiger partial charge in [-0.2, -0.15) is 4.98 Å². The molecule has 0 aliphatic rings. The topological polar surface area (TPSA) is 55.0 Å². The average molecular weight is 240 g/mol. The molecule has 1 heterocycles. The molecule has 17 heavy (non-hydrogen) atoms. The van der Waals surface area contributed by atoms with Crippen LogP contribution in [0.2, 0.25) is 0 Å². The first kappa shape index (κ1) is 13.7. The number of nitrogens with two attached hydrogens (primary N) is 1. The zero-order valence-corrected chi connectivity index (χ0v) is 10.9. The van der Waals surface area contributed by atoms with Crippen molar-refractivity contribution in [3.05, 3.63) is 12.0 Å². The molecule has 0 atom stereocenters. The molecular formula is C12H21FN4. The highest BCUT2D eigenvalue weighted by Gasteiger charge is 2.16. The highest BCUT2D eigenvalue weighted by atomic mass is 19.1. The SMILES string of the molecule is CC(C)CN(CC(C)C)c1nc(N)ncc1F. The highest BCUT2D eigenvalue weighted by Crippen LogP contribution is 2.19. The predicted molar refractivity (Wildman–Crippen MR) is 68.3 cm³/mol. The van der Waals surface area contributed by atoms with Crippen LogP contribution < -0.4 is 10.6 Å². The molecule has 1 aromatic rings. The Balaban J connectivity index is 2.98. The maximum absolute atomic E-state index is 13.7. The molecule has 0 saturated heterocycles. The van der Waals surface area contributed by atoms with E-state index in [1.54, 1.807) is 0 Å². The number of halogens is 1. The molecule has 0 aliphatic heterocycles. The highest BCUT2D eigenvalue weighted by molar-refractivity contribution is 5.42. The lowest BCUT2D eigenvalue weighted by Gasteiger charge is -2.27. The minimum atomic E-state index is -0.416. The second kappa shape index (κ2) is 5.80. The standard InChI is InChI=1S/C12H21FN4/c1-8(2)6-17(7-9(3)4)11-10(13)5-15-12(14)16-11/h5,8-9H,6-7H2,1-4H3,(H2,14,15,16). The summed E-state index contributed by atoms with van der Waals surface area (Å²) in [4.78, 5) is 9.58. The molecule has 0 aromatic carbocycles. The smallest absolute Gasteiger partial charge is 0.222 e. The maximum Gasteiger partial charge on any atom is 0.222 e. The van der Waals surface area contributed by atoms with Gasteiger partial charge in [0.1, 0.15) is 0 Å². The molecular weight excluding hydrogens is 219 g/mol. The number of hydrogen-bond donors (Lipinski definition) is 1. The largest absolute Gasteiger partial charge is 0.368 e. The van der Waals surface area contributed by atoms with Crippen molar-refractivity contribution in [2.45, 2.75) is 27.7 Å². The van der Waals surface area contributed by atoms with Gasteiger partial charge in [0, 0.05) is 13.1 Å². The van der Waals surface area contributed by atoms with Crippen LogP contribution in [-0.4, -0.2) is 23.1 Å². The summed E-state index contributed by atoms with van der Waals surface area (Å²) in [6, 6.07) is 0. The van der Waals surface area contributed by atoms with Crippen molar-refractivity contribution >= 4 is 11.8 Å². The molecule has 1 aromatic heterocycles. The fraction of sp³-hybridized carbons (Fsp3) is 0.667. The van der Waals surface area contributed by atoms with E-state index in [1.165, 1.54) is 0 Å². The van der Waals surface area contributed by atoms with Crippen molar-refractivity contribution in [1.29, 1.82) is 0 Å². The normalized spacial score (nSPS) is 11.2. The van der Waals surface area contributed by atoms with E-state index in [0.717, 1.165) is 19.3 Å². The first-order valence-electron chi connectivity index (χ1n) is 5.93. The van der Waals surface area contributed by atoms with Crippen LogP contribution in [0, 0.1) is 17.7 Å². The van der Waals surface area contributed by atoms with Gasteiger partial charge >= 0.3 is 0 Å². The van der Waals surface area contributed by atoms with Crippen LogP contribution in [0.5, 0.6) is 0 Å². The van der Waals surface area contributed by atoms with Crippen LogP contribution in [0.15, 0.2) is 6.20 Å². The Labute approximate surface area is 102 Å². The van der Waals surface area contributed by atoms with Gasteiger partial charge < -0.3 is 10.6 Å². The first-order valence-corrected chi connectivity index (χ1v) is 5.93. The Morgan fingerprint density at radius 3 is 2.24 bits per heavy atom. The molecule has 96 valence electrons. The van der Waals surface area contributed by atoms with Gasteiger partial charge in [-0.05, 0) is 11.8 Å². The van der Waals surface area contributed by atoms with E-state index in [0.29, 0.717) is 17.7 Å². The summed E-state index contributed by atoms with van der Waals surface area (Å²) >= 11 is 0. The van der Waals surface area contributed by atoms with E-state index in [1.807, 2.05) is 4.90 Å². The molecule has 0 unspecified atom stereocenters. The zero-order chi connectivity index (χ0) is 13.0. The van der Waals surface area contributed by atoms with Gasteiger partial charge in [-0.3, -0.25) is 0 Å². The lowest BCUT2D eigenvalue weighted by molar-refractivity contribution is 0.530. The van der Waals surface area contributed by atoms with Crippen molar-refractivity contribution < 1.29 is 4.39 Å². The second-order valence-electron chi connectivity index (χ2n) is 5.09. The van der Waals surface area contributed by atoms with Crippen molar-refractivity contribution in [3.63, 3.8) is 0 Å². The number of nitrogen functional groups attached to an aromatic ring is 1. The molecule has 0 bridgehead atoms. The molecule has 0 amide bonds. The third-order valence-electron chi connectivity index (χ3n) is 2.21. The van der Waals surface area contributed by atoms with Crippen molar-refractivity contribution in [2.75, 3.05) is 23.7 Å². The van der Waals surface area contributed by atoms with Crippen LogP contribution in [0.3, 0.4) is 0 Å². The number of nitrogens with zero attached hydrogens (tertiary/aromatic N) is 3. The maximum atomic E-state index is 13.7. The summed E-state index contributed by atoms with van der Waals surface area (Å²) in [6.07, 6.45) is 1.13. The second-order valence-corrected chi connectivity index (χ2v) is 5.09. The van der Waals surface area contributed by atoms with Gasteiger partial charge in [0.2, 0.25) is 5.95 Å². The molecule has 0 aliphatic carbocycles. The summed E-state index contributed by atoms with van der Waals surface area (Å²) in [6.45, 7) is 9.88. The third-order valence-corrected chi connectivity index (χ3v) is 2.21. The van der Waals surface area contributed by atoms with Gasteiger partial charge in [0.25, 0.3) is 0 Å². The monoisotopic (exact) mass is 240 g/mol. The van der Waals surface area contributed by atoms with E-state index in [2.05, 4.69) is 37.7 Å². The molecule has 1 rings (SSSR count). The summed E-state index contributed by atoms with van der Waals surface area (Å²) in [5.41, 5.74) is 5.51. The van der Waals surface area contributed by atoms with Gasteiger partial charge in [0.15, 0.2) is 11.6 Å². The average Bonchev–Trinajstić information content (AvgIpc) is 2.19. The van der Waals surface area contributed by atoms with E-state index in [-0.39, 0.29) is 5.95 Å². The van der Waals surface area contributed by atoms with Gasteiger partial charge in [-0.25, -0.2) is 9.37 Å². The predicted octanol–water partition coefficient (Wildman–Crippen LogP) is 2.32. The van der Waals surface area contributed by atoms with Crippen molar-refractivity contribution in [1.82, 2.24) is 9.97 Å². The van der Waals surface area contributed by atoms with E-state index >= 15 is 0 Å². The minimum absolute atomic E-state index is 0.110. The molecule has 0 radical (unpaired) electrons. The van der Waals surface area contributed by atoms with E-state index in [9.17, 15) is 4.39 Å². The number of rotatable bonds is 5. The summed E-state index contributed by atoms with van der Waals surface area (Å²) < 4.78 is 13.7. The van der Waals surface area contributed by atoms with E-state index in [4.69, 9.17) is 5.73 Å². The molecule has 0 spiro atoms. The molecule has 0 fully saturated rings. The lowest BCUT2D eigenvalue weighted by atomic mass is 10.1. The van der Waals surface area contributed by atoms with Crippen LogP contribution >= 0.6 is 0 Å². The number of anilines is 2. The van der Waals surface area contributed by atoms with E-state index < -0.39 is 5.82 Å². The quantitative estimate of drug-likeness (QED) is 0.858. The van der Waals surface area contributed by atoms with Gasteiger partial charge in [0.05, 0.1) is 6.20 Å².